The van der Waals surface area contributed by atoms with Gasteiger partial charge in [0.05, 0.1) is 16.7 Å². The van der Waals surface area contributed by atoms with Crippen LogP contribution in [0, 0.1) is 5.92 Å². The third kappa shape index (κ3) is 5.56. The zero-order valence-electron chi connectivity index (χ0n) is 28.7. The van der Waals surface area contributed by atoms with Gasteiger partial charge in [0.2, 0.25) is 0 Å². The fraction of sp³-hybridized carbons (Fsp3) is 0.0612. The molecule has 7 aromatic carbocycles. The minimum Gasteiger partial charge on any atom is -0.310 e. The number of allylic oxidation sites excluding steroid dienone is 4. The lowest BCUT2D eigenvalue weighted by Crippen LogP contribution is -2.11. The minimum absolute atomic E-state index is 0.389. The molecule has 0 saturated carbocycles. The number of aromatic nitrogens is 1. The fourth-order valence-electron chi connectivity index (χ4n) is 7.82. The first kappa shape index (κ1) is 30.7. The van der Waals surface area contributed by atoms with Crippen LogP contribution in [0.4, 0.5) is 17.1 Å². The molecule has 0 bridgehead atoms. The molecule has 1 heterocycles. The molecule has 0 aliphatic heterocycles. The SMILES string of the molecule is CC1CC=C(c2cccc(N(c3ccccc3)c3ccccc3-c3ccccc3)c2)C=C1c1cccc2c1c1ccccc1n2-c1ccccc1. The third-order valence-electron chi connectivity index (χ3n) is 10.2. The molecule has 0 radical (unpaired) electrons. The number of benzene rings is 7. The zero-order chi connectivity index (χ0) is 34.1. The van der Waals surface area contributed by atoms with Gasteiger partial charge in [-0.2, -0.15) is 0 Å². The van der Waals surface area contributed by atoms with Crippen molar-refractivity contribution >= 4 is 50.0 Å². The summed E-state index contributed by atoms with van der Waals surface area (Å²) in [6.07, 6.45) is 5.85. The lowest BCUT2D eigenvalue weighted by molar-refractivity contribution is 0.762. The Morgan fingerprint density at radius 3 is 1.96 bits per heavy atom. The van der Waals surface area contributed by atoms with Crippen molar-refractivity contribution in [3.8, 4) is 16.8 Å². The summed E-state index contributed by atoms with van der Waals surface area (Å²) in [5, 5.41) is 2.60. The van der Waals surface area contributed by atoms with E-state index in [9.17, 15) is 0 Å². The molecule has 1 aliphatic rings. The van der Waals surface area contributed by atoms with Gasteiger partial charge in [-0.1, -0.05) is 146 Å². The summed E-state index contributed by atoms with van der Waals surface area (Å²) in [6.45, 7) is 2.36. The third-order valence-corrected chi connectivity index (χ3v) is 10.2. The summed E-state index contributed by atoms with van der Waals surface area (Å²) in [7, 11) is 0. The second-order valence-corrected chi connectivity index (χ2v) is 13.4. The first-order valence-electron chi connectivity index (χ1n) is 17.8. The van der Waals surface area contributed by atoms with E-state index in [-0.39, 0.29) is 0 Å². The summed E-state index contributed by atoms with van der Waals surface area (Å²) < 4.78 is 2.41. The van der Waals surface area contributed by atoms with Gasteiger partial charge in [-0.25, -0.2) is 0 Å². The van der Waals surface area contributed by atoms with Gasteiger partial charge in [0, 0.05) is 33.4 Å². The fourth-order valence-corrected chi connectivity index (χ4v) is 7.82. The molecule has 0 amide bonds. The first-order valence-corrected chi connectivity index (χ1v) is 17.8. The largest absolute Gasteiger partial charge is 0.310 e. The number of para-hydroxylation sites is 4. The average molecular weight is 655 g/mol. The molecule has 1 atom stereocenters. The van der Waals surface area contributed by atoms with Crippen molar-refractivity contribution in [1.82, 2.24) is 4.57 Å². The molecule has 1 aromatic heterocycles. The number of anilines is 3. The lowest BCUT2D eigenvalue weighted by Gasteiger charge is -2.28. The highest BCUT2D eigenvalue weighted by molar-refractivity contribution is 6.14. The van der Waals surface area contributed by atoms with Gasteiger partial charge in [0.15, 0.2) is 0 Å². The molecule has 9 rings (SSSR count). The van der Waals surface area contributed by atoms with Crippen molar-refractivity contribution in [2.75, 3.05) is 4.90 Å². The van der Waals surface area contributed by atoms with Crippen LogP contribution in [0.5, 0.6) is 0 Å². The quantitative estimate of drug-likeness (QED) is 0.166. The molecule has 2 nitrogen and oxygen atoms in total. The smallest absolute Gasteiger partial charge is 0.0547 e. The average Bonchev–Trinajstić information content (AvgIpc) is 3.54. The Hall–Kier alpha value is -6.38. The van der Waals surface area contributed by atoms with Gasteiger partial charge in [-0.3, -0.25) is 0 Å². The molecule has 0 N–H and O–H groups in total. The Kier molecular flexibility index (Phi) is 7.91. The van der Waals surface area contributed by atoms with Gasteiger partial charge in [-0.05, 0) is 94.8 Å². The monoisotopic (exact) mass is 654 g/mol. The van der Waals surface area contributed by atoms with E-state index in [4.69, 9.17) is 0 Å². The number of nitrogens with zero attached hydrogens (tertiary/aromatic N) is 2. The van der Waals surface area contributed by atoms with Crippen molar-refractivity contribution < 1.29 is 0 Å². The van der Waals surface area contributed by atoms with Gasteiger partial charge in [-0.15, -0.1) is 0 Å². The first-order chi connectivity index (χ1) is 25.2. The maximum absolute atomic E-state index is 2.45. The van der Waals surface area contributed by atoms with Gasteiger partial charge in [0.25, 0.3) is 0 Å². The topological polar surface area (TPSA) is 8.17 Å². The van der Waals surface area contributed by atoms with Crippen LogP contribution in [0.3, 0.4) is 0 Å². The molecule has 51 heavy (non-hydrogen) atoms. The number of fused-ring (bicyclic) bond motifs is 3. The molecule has 8 aromatic rings. The van der Waals surface area contributed by atoms with Crippen LogP contribution in [0.25, 0.3) is 49.8 Å². The van der Waals surface area contributed by atoms with Gasteiger partial charge >= 0.3 is 0 Å². The van der Waals surface area contributed by atoms with E-state index in [0.29, 0.717) is 5.92 Å². The maximum atomic E-state index is 2.45. The number of hydrogen-bond donors (Lipinski definition) is 0. The van der Waals surface area contributed by atoms with Crippen LogP contribution in [0.2, 0.25) is 0 Å². The second kappa shape index (κ2) is 13.2. The molecule has 0 saturated heterocycles. The van der Waals surface area contributed by atoms with Gasteiger partial charge in [0.1, 0.15) is 0 Å². The lowest BCUT2D eigenvalue weighted by atomic mass is 9.82. The molecular formula is C49H38N2. The Bertz CT molecular complexity index is 2560. The maximum Gasteiger partial charge on any atom is 0.0547 e. The Morgan fingerprint density at radius 2 is 1.14 bits per heavy atom. The van der Waals surface area contributed by atoms with Crippen LogP contribution in [0.1, 0.15) is 24.5 Å². The van der Waals surface area contributed by atoms with Crippen molar-refractivity contribution in [3.05, 3.63) is 205 Å². The summed E-state index contributed by atoms with van der Waals surface area (Å²) >= 11 is 0. The van der Waals surface area contributed by atoms with E-state index in [1.165, 1.54) is 60.9 Å². The number of hydrogen-bond acceptors (Lipinski definition) is 1. The van der Waals surface area contributed by atoms with Crippen molar-refractivity contribution in [3.63, 3.8) is 0 Å². The summed E-state index contributed by atoms with van der Waals surface area (Å²) in [4.78, 5) is 2.39. The molecule has 2 heteroatoms. The predicted molar refractivity (Wildman–Crippen MR) is 217 cm³/mol. The van der Waals surface area contributed by atoms with E-state index < -0.39 is 0 Å². The van der Waals surface area contributed by atoms with E-state index >= 15 is 0 Å². The van der Waals surface area contributed by atoms with E-state index in [1.54, 1.807) is 0 Å². The second-order valence-electron chi connectivity index (χ2n) is 13.4. The van der Waals surface area contributed by atoms with E-state index in [1.807, 2.05) is 0 Å². The van der Waals surface area contributed by atoms with Crippen LogP contribution in [0.15, 0.2) is 194 Å². The minimum atomic E-state index is 0.389. The standard InChI is InChI=1S/C49H38N2/c1-35-31-32-38(34-45(35)43-27-16-30-48-49(43)44-26-12-14-29-47(44)51(48)40-22-9-4-10-23-40)37-19-15-24-41(33-37)50(39-20-7-3-8-21-39)46-28-13-11-25-42(46)36-17-5-2-6-18-36/h2-30,32-35H,31H2,1H3. The van der Waals surface area contributed by atoms with E-state index in [0.717, 1.165) is 23.5 Å². The molecule has 0 fully saturated rings. The Morgan fingerprint density at radius 1 is 0.529 bits per heavy atom. The zero-order valence-corrected chi connectivity index (χ0v) is 28.7. The Labute approximate surface area is 299 Å². The molecule has 0 spiro atoms. The normalized spacial score (nSPS) is 14.3. The summed E-state index contributed by atoms with van der Waals surface area (Å²) in [5.41, 5.74) is 14.6. The van der Waals surface area contributed by atoms with Crippen molar-refractivity contribution in [2.45, 2.75) is 13.3 Å². The van der Waals surface area contributed by atoms with Crippen LogP contribution < -0.4 is 4.90 Å². The highest BCUT2D eigenvalue weighted by atomic mass is 15.1. The highest BCUT2D eigenvalue weighted by Gasteiger charge is 2.23. The van der Waals surface area contributed by atoms with Gasteiger partial charge < -0.3 is 9.47 Å². The summed E-state index contributed by atoms with van der Waals surface area (Å²) in [6, 6.07) is 65.5. The molecule has 1 unspecified atom stereocenters. The molecule has 1 aliphatic carbocycles. The molecular weight excluding hydrogens is 617 g/mol. The Balaban J connectivity index is 1.17. The summed E-state index contributed by atoms with van der Waals surface area (Å²) in [5.74, 6) is 0.389. The highest BCUT2D eigenvalue weighted by Crippen LogP contribution is 2.44. The van der Waals surface area contributed by atoms with Crippen molar-refractivity contribution in [1.29, 1.82) is 0 Å². The molecule has 244 valence electrons. The predicted octanol–water partition coefficient (Wildman–Crippen LogP) is 13.4. The van der Waals surface area contributed by atoms with Crippen LogP contribution in [-0.2, 0) is 0 Å². The van der Waals surface area contributed by atoms with Crippen molar-refractivity contribution in [2.24, 2.45) is 5.92 Å². The number of rotatable bonds is 7. The van der Waals surface area contributed by atoms with Crippen LogP contribution >= 0.6 is 0 Å². The van der Waals surface area contributed by atoms with E-state index in [2.05, 4.69) is 211 Å². The van der Waals surface area contributed by atoms with Crippen LogP contribution in [-0.4, -0.2) is 4.57 Å².